The van der Waals surface area contributed by atoms with Crippen molar-refractivity contribution in [3.63, 3.8) is 0 Å². The van der Waals surface area contributed by atoms with Crippen molar-refractivity contribution in [2.45, 2.75) is 11.9 Å². The third kappa shape index (κ3) is 2.46. The summed E-state index contributed by atoms with van der Waals surface area (Å²) < 4.78 is 0. The average Bonchev–Trinajstić information content (AvgIpc) is 2.62. The van der Waals surface area contributed by atoms with Gasteiger partial charge in [0.05, 0.1) is 18.8 Å². The van der Waals surface area contributed by atoms with Crippen LogP contribution in [0.1, 0.15) is 6.92 Å². The Balaban J connectivity index is 0.00000112. The Labute approximate surface area is 100 Å². The van der Waals surface area contributed by atoms with Crippen LogP contribution in [0.5, 0.6) is 0 Å². The molecule has 2 aliphatic heterocycles. The van der Waals surface area contributed by atoms with E-state index in [1.54, 1.807) is 0 Å². The maximum Gasteiger partial charge on any atom is 0.193 e. The average molecular weight is 252 g/mol. The van der Waals surface area contributed by atoms with Crippen molar-refractivity contribution in [3.05, 3.63) is 0 Å². The SMILES string of the molecule is CC1=NN(C)CC1(Cl)NC1=NCCN1.Cl. The van der Waals surface area contributed by atoms with Gasteiger partial charge in [-0.15, -0.1) is 12.4 Å². The van der Waals surface area contributed by atoms with Gasteiger partial charge >= 0.3 is 0 Å². The summed E-state index contributed by atoms with van der Waals surface area (Å²) in [6.07, 6.45) is 0. The Morgan fingerprint density at radius 1 is 1.60 bits per heavy atom. The molecule has 0 fully saturated rings. The van der Waals surface area contributed by atoms with Gasteiger partial charge in [-0.3, -0.25) is 10.0 Å². The zero-order chi connectivity index (χ0) is 10.2. The van der Waals surface area contributed by atoms with Crippen molar-refractivity contribution in [1.82, 2.24) is 15.6 Å². The van der Waals surface area contributed by atoms with E-state index in [0.717, 1.165) is 24.8 Å². The fraction of sp³-hybridized carbons (Fsp3) is 0.750. The lowest BCUT2D eigenvalue weighted by molar-refractivity contribution is 0.363. The molecule has 0 aromatic heterocycles. The van der Waals surface area contributed by atoms with E-state index in [0.29, 0.717) is 6.54 Å². The van der Waals surface area contributed by atoms with Gasteiger partial charge in [0.25, 0.3) is 0 Å². The van der Waals surface area contributed by atoms with E-state index in [1.807, 2.05) is 19.0 Å². The topological polar surface area (TPSA) is 52.0 Å². The van der Waals surface area contributed by atoms with Crippen LogP contribution in [0.3, 0.4) is 0 Å². The van der Waals surface area contributed by atoms with Gasteiger partial charge in [-0.05, 0) is 6.92 Å². The van der Waals surface area contributed by atoms with Gasteiger partial charge < -0.3 is 10.6 Å². The Morgan fingerprint density at radius 3 is 2.80 bits per heavy atom. The van der Waals surface area contributed by atoms with Crippen LogP contribution in [0.25, 0.3) is 0 Å². The molecule has 0 saturated carbocycles. The number of aliphatic imine (C=N–C) groups is 1. The number of likely N-dealkylation sites (N-methyl/N-ethyl adjacent to an activating group) is 1. The minimum Gasteiger partial charge on any atom is -0.354 e. The van der Waals surface area contributed by atoms with Crippen LogP contribution in [0.4, 0.5) is 0 Å². The van der Waals surface area contributed by atoms with E-state index in [1.165, 1.54) is 0 Å². The quantitative estimate of drug-likeness (QED) is 0.518. The van der Waals surface area contributed by atoms with Crippen LogP contribution in [0, 0.1) is 0 Å². The lowest BCUT2D eigenvalue weighted by Crippen LogP contribution is -2.53. The van der Waals surface area contributed by atoms with Gasteiger partial charge in [0.1, 0.15) is 0 Å². The standard InChI is InChI=1S/C8H14ClN5.ClH/c1-6-8(9,5-14(2)13-6)12-7-10-3-4-11-7;/h3-5H2,1-2H3,(H2,10,11,12);1H. The summed E-state index contributed by atoms with van der Waals surface area (Å²) in [6.45, 7) is 4.25. The normalized spacial score (nSPS) is 29.1. The molecule has 1 unspecified atom stereocenters. The molecule has 0 aromatic rings. The second kappa shape index (κ2) is 4.45. The number of hydrogen-bond donors (Lipinski definition) is 2. The van der Waals surface area contributed by atoms with E-state index in [4.69, 9.17) is 11.6 Å². The fourth-order valence-corrected chi connectivity index (χ4v) is 1.90. The summed E-state index contributed by atoms with van der Waals surface area (Å²) in [6, 6.07) is 0. The minimum absolute atomic E-state index is 0. The first-order valence-corrected chi connectivity index (χ1v) is 5.00. The molecule has 2 rings (SSSR count). The molecular formula is C8H15Cl2N5. The van der Waals surface area contributed by atoms with E-state index in [-0.39, 0.29) is 12.4 Å². The smallest absolute Gasteiger partial charge is 0.193 e. The van der Waals surface area contributed by atoms with E-state index < -0.39 is 5.00 Å². The molecule has 7 heteroatoms. The summed E-state index contributed by atoms with van der Waals surface area (Å²) in [5.41, 5.74) is 0.873. The molecule has 0 radical (unpaired) electrons. The van der Waals surface area contributed by atoms with Gasteiger partial charge in [-0.25, -0.2) is 0 Å². The second-order valence-electron chi connectivity index (χ2n) is 3.58. The summed E-state index contributed by atoms with van der Waals surface area (Å²) in [4.78, 5) is 3.63. The molecule has 0 aromatic carbocycles. The fourth-order valence-electron chi connectivity index (χ4n) is 1.60. The first-order valence-electron chi connectivity index (χ1n) is 4.62. The Kier molecular flexibility index (Phi) is 3.67. The maximum absolute atomic E-state index is 6.39. The van der Waals surface area contributed by atoms with Crippen LogP contribution in [-0.2, 0) is 0 Å². The van der Waals surface area contributed by atoms with Gasteiger partial charge in [-0.2, -0.15) is 5.10 Å². The highest BCUT2D eigenvalue weighted by Gasteiger charge is 2.38. The van der Waals surface area contributed by atoms with E-state index >= 15 is 0 Å². The van der Waals surface area contributed by atoms with Gasteiger partial charge in [0, 0.05) is 13.6 Å². The number of rotatable bonds is 1. The summed E-state index contributed by atoms with van der Waals surface area (Å²) in [5.74, 6) is 0.768. The molecule has 0 bridgehead atoms. The zero-order valence-corrected chi connectivity index (χ0v) is 10.3. The summed E-state index contributed by atoms with van der Waals surface area (Å²) in [7, 11) is 1.90. The molecule has 2 aliphatic rings. The molecule has 0 amide bonds. The molecule has 5 nitrogen and oxygen atoms in total. The maximum atomic E-state index is 6.39. The first-order chi connectivity index (χ1) is 6.60. The summed E-state index contributed by atoms with van der Waals surface area (Å²) >= 11 is 6.39. The number of hydrazone groups is 1. The number of alkyl halides is 1. The van der Waals surface area contributed by atoms with Gasteiger partial charge in [0.2, 0.25) is 0 Å². The van der Waals surface area contributed by atoms with Crippen molar-refractivity contribution in [2.24, 2.45) is 10.1 Å². The molecule has 15 heavy (non-hydrogen) atoms. The van der Waals surface area contributed by atoms with Crippen molar-refractivity contribution in [1.29, 1.82) is 0 Å². The Bertz CT molecular complexity index is 303. The van der Waals surface area contributed by atoms with Crippen LogP contribution in [-0.4, -0.2) is 48.4 Å². The van der Waals surface area contributed by atoms with Crippen molar-refractivity contribution < 1.29 is 0 Å². The minimum atomic E-state index is -0.606. The van der Waals surface area contributed by atoms with Gasteiger partial charge in [0.15, 0.2) is 11.0 Å². The lowest BCUT2D eigenvalue weighted by Gasteiger charge is -2.24. The van der Waals surface area contributed by atoms with Crippen LogP contribution in [0.15, 0.2) is 10.1 Å². The van der Waals surface area contributed by atoms with Crippen molar-refractivity contribution in [2.75, 3.05) is 26.7 Å². The van der Waals surface area contributed by atoms with Crippen LogP contribution in [0.2, 0.25) is 0 Å². The van der Waals surface area contributed by atoms with Crippen molar-refractivity contribution >= 4 is 35.7 Å². The number of guanidine groups is 1. The highest BCUT2D eigenvalue weighted by molar-refractivity contribution is 6.37. The first kappa shape index (κ1) is 12.4. The molecular weight excluding hydrogens is 237 g/mol. The van der Waals surface area contributed by atoms with Crippen LogP contribution < -0.4 is 10.6 Å². The van der Waals surface area contributed by atoms with Crippen LogP contribution >= 0.6 is 24.0 Å². The predicted molar refractivity (Wildman–Crippen MR) is 65.0 cm³/mol. The molecule has 0 saturated heterocycles. The number of hydrogen-bond acceptors (Lipinski definition) is 5. The Morgan fingerprint density at radius 2 is 2.33 bits per heavy atom. The monoisotopic (exact) mass is 251 g/mol. The molecule has 2 heterocycles. The summed E-state index contributed by atoms with van der Waals surface area (Å²) in [5, 5.41) is 12.4. The largest absolute Gasteiger partial charge is 0.354 e. The van der Waals surface area contributed by atoms with E-state index in [9.17, 15) is 0 Å². The highest BCUT2D eigenvalue weighted by Crippen LogP contribution is 2.21. The number of nitrogens with zero attached hydrogens (tertiary/aromatic N) is 3. The molecule has 0 aliphatic carbocycles. The zero-order valence-electron chi connectivity index (χ0n) is 8.75. The molecule has 86 valence electrons. The van der Waals surface area contributed by atoms with Gasteiger partial charge in [-0.1, -0.05) is 11.6 Å². The second-order valence-corrected chi connectivity index (χ2v) is 4.23. The molecule has 2 N–H and O–H groups in total. The third-order valence-electron chi connectivity index (χ3n) is 2.33. The highest BCUT2D eigenvalue weighted by atomic mass is 35.5. The Hall–Kier alpha value is -0.680. The molecule has 1 atom stereocenters. The number of nitrogens with one attached hydrogen (secondary N) is 2. The lowest BCUT2D eigenvalue weighted by atomic mass is 10.2. The van der Waals surface area contributed by atoms with E-state index in [2.05, 4.69) is 20.7 Å². The number of halogens is 2. The molecule has 0 spiro atoms. The predicted octanol–water partition coefficient (Wildman–Crippen LogP) is 0.213. The third-order valence-corrected chi connectivity index (χ3v) is 2.82. The van der Waals surface area contributed by atoms with Crippen molar-refractivity contribution in [3.8, 4) is 0 Å².